The van der Waals surface area contributed by atoms with Crippen molar-refractivity contribution in [1.29, 1.82) is 0 Å². The number of hydrogen-bond donors (Lipinski definition) is 0. The summed E-state index contributed by atoms with van der Waals surface area (Å²) >= 11 is 1.67. The fraction of sp³-hybridized carbons (Fsp3) is 0.167. The molecule has 0 unspecified atom stereocenters. The van der Waals surface area contributed by atoms with Gasteiger partial charge in [0.05, 0.1) is 18.1 Å². The Bertz CT molecular complexity index is 904. The molecule has 1 aliphatic rings. The lowest BCUT2D eigenvalue weighted by Gasteiger charge is -2.19. The first kappa shape index (κ1) is 15.0. The average molecular weight is 336 g/mol. The number of benzene rings is 2. The molecule has 5 nitrogen and oxygen atoms in total. The van der Waals surface area contributed by atoms with E-state index >= 15 is 0 Å². The lowest BCUT2D eigenvalue weighted by molar-refractivity contribution is 0.415. The predicted molar refractivity (Wildman–Crippen MR) is 95.7 cm³/mol. The number of nitrogens with zero attached hydrogens (tertiary/aromatic N) is 4. The number of hydrogen-bond acceptors (Lipinski definition) is 5. The minimum atomic E-state index is 0.224. The number of thioether (sulfide) groups is 1. The zero-order chi connectivity index (χ0) is 16.5. The normalized spacial score (nSPS) is 16.4. The third kappa shape index (κ3) is 2.59. The zero-order valence-corrected chi connectivity index (χ0v) is 14.2. The van der Waals surface area contributed by atoms with Crippen molar-refractivity contribution in [1.82, 2.24) is 14.9 Å². The number of aromatic nitrogens is 3. The van der Waals surface area contributed by atoms with Crippen molar-refractivity contribution in [2.45, 2.75) is 17.3 Å². The molecule has 1 atom stereocenters. The molecule has 0 spiro atoms. The third-order valence-corrected chi connectivity index (χ3v) is 4.93. The van der Waals surface area contributed by atoms with Gasteiger partial charge in [0.25, 0.3) is 0 Å². The first-order chi connectivity index (χ1) is 11.8. The molecule has 0 bridgehead atoms. The van der Waals surface area contributed by atoms with Crippen LogP contribution in [0.2, 0.25) is 0 Å². The predicted octanol–water partition coefficient (Wildman–Crippen LogP) is 3.70. The van der Waals surface area contributed by atoms with Gasteiger partial charge in [0.1, 0.15) is 5.75 Å². The first-order valence-corrected chi connectivity index (χ1v) is 8.55. The maximum absolute atomic E-state index is 5.31. The molecule has 2 aromatic carbocycles. The minimum Gasteiger partial charge on any atom is -0.497 e. The van der Waals surface area contributed by atoms with Crippen LogP contribution in [0.4, 0.5) is 0 Å². The molecule has 4 rings (SSSR count). The van der Waals surface area contributed by atoms with Crippen LogP contribution >= 0.6 is 11.8 Å². The molecule has 0 fully saturated rings. The summed E-state index contributed by atoms with van der Waals surface area (Å²) in [5.74, 6) is 1.51. The second kappa shape index (κ2) is 6.13. The van der Waals surface area contributed by atoms with Crippen LogP contribution in [0.1, 0.15) is 12.5 Å². The summed E-state index contributed by atoms with van der Waals surface area (Å²) in [6, 6.07) is 18.0. The molecule has 6 heteroatoms. The summed E-state index contributed by atoms with van der Waals surface area (Å²) in [4.78, 5) is 0. The lowest BCUT2D eigenvalue weighted by Crippen LogP contribution is -2.21. The monoisotopic (exact) mass is 336 g/mol. The van der Waals surface area contributed by atoms with E-state index in [2.05, 4.69) is 29.3 Å². The van der Waals surface area contributed by atoms with E-state index in [4.69, 9.17) is 9.84 Å². The van der Waals surface area contributed by atoms with Gasteiger partial charge >= 0.3 is 0 Å². The number of rotatable bonds is 3. The minimum absolute atomic E-state index is 0.224. The van der Waals surface area contributed by atoms with Crippen molar-refractivity contribution in [2.24, 2.45) is 5.10 Å². The summed E-state index contributed by atoms with van der Waals surface area (Å²) in [5, 5.41) is 14.5. The quantitative estimate of drug-likeness (QED) is 0.732. The van der Waals surface area contributed by atoms with Crippen LogP contribution in [0.15, 0.2) is 64.9 Å². The molecule has 3 aromatic rings. The molecular weight excluding hydrogens is 320 g/mol. The van der Waals surface area contributed by atoms with Crippen LogP contribution in [0.25, 0.3) is 11.4 Å². The van der Waals surface area contributed by atoms with Crippen molar-refractivity contribution in [3.05, 3.63) is 60.2 Å². The molecule has 1 aliphatic heterocycles. The molecule has 0 amide bonds. The summed E-state index contributed by atoms with van der Waals surface area (Å²) in [5.41, 5.74) is 3.07. The van der Waals surface area contributed by atoms with Crippen LogP contribution in [0.3, 0.4) is 0 Å². The number of fused-ring (bicyclic) bond motifs is 1. The molecule has 0 aliphatic carbocycles. The van der Waals surface area contributed by atoms with Gasteiger partial charge in [-0.05, 0) is 24.6 Å². The SMILES string of the molecule is COc1cccc(-c2nnc3n2N=C(c2ccccc2)[C@@H](C)S3)c1. The highest BCUT2D eigenvalue weighted by Gasteiger charge is 2.26. The fourth-order valence-electron chi connectivity index (χ4n) is 2.68. The van der Waals surface area contributed by atoms with Gasteiger partial charge in [0.2, 0.25) is 5.16 Å². The molecule has 2 heterocycles. The summed E-state index contributed by atoms with van der Waals surface area (Å²) in [6.07, 6.45) is 0. The summed E-state index contributed by atoms with van der Waals surface area (Å²) in [6.45, 7) is 2.14. The van der Waals surface area contributed by atoms with E-state index in [1.165, 1.54) is 0 Å². The maximum Gasteiger partial charge on any atom is 0.213 e. The van der Waals surface area contributed by atoms with Gasteiger partial charge in [-0.1, -0.05) is 54.2 Å². The molecule has 0 saturated carbocycles. The van der Waals surface area contributed by atoms with Crippen LogP contribution in [-0.2, 0) is 0 Å². The van der Waals surface area contributed by atoms with Crippen LogP contribution in [0, 0.1) is 0 Å². The van der Waals surface area contributed by atoms with Gasteiger partial charge in [0.15, 0.2) is 5.82 Å². The van der Waals surface area contributed by atoms with Gasteiger partial charge in [0, 0.05) is 5.56 Å². The van der Waals surface area contributed by atoms with E-state index in [0.29, 0.717) is 0 Å². The van der Waals surface area contributed by atoms with E-state index in [1.54, 1.807) is 18.9 Å². The number of ether oxygens (including phenoxy) is 1. The second-order valence-corrected chi connectivity index (χ2v) is 6.77. The van der Waals surface area contributed by atoms with E-state index < -0.39 is 0 Å². The Balaban J connectivity index is 1.82. The molecular formula is C18H16N4OS. The Morgan fingerprint density at radius 3 is 2.58 bits per heavy atom. The highest BCUT2D eigenvalue weighted by atomic mass is 32.2. The molecule has 1 aromatic heterocycles. The highest BCUT2D eigenvalue weighted by molar-refractivity contribution is 8.00. The Labute approximate surface area is 144 Å². The van der Waals surface area contributed by atoms with Gasteiger partial charge in [-0.25, -0.2) is 0 Å². The van der Waals surface area contributed by atoms with Gasteiger partial charge in [-0.3, -0.25) is 0 Å². The van der Waals surface area contributed by atoms with Crippen molar-refractivity contribution >= 4 is 17.5 Å². The Morgan fingerprint density at radius 1 is 1.00 bits per heavy atom. The first-order valence-electron chi connectivity index (χ1n) is 7.67. The lowest BCUT2D eigenvalue weighted by atomic mass is 10.1. The third-order valence-electron chi connectivity index (χ3n) is 3.88. The summed E-state index contributed by atoms with van der Waals surface area (Å²) < 4.78 is 7.13. The second-order valence-electron chi connectivity index (χ2n) is 5.46. The summed E-state index contributed by atoms with van der Waals surface area (Å²) in [7, 11) is 1.65. The van der Waals surface area contributed by atoms with Crippen molar-refractivity contribution < 1.29 is 4.74 Å². The number of methoxy groups -OCH3 is 1. The molecule has 120 valence electrons. The van der Waals surface area contributed by atoms with Crippen LogP contribution in [-0.4, -0.2) is 32.9 Å². The van der Waals surface area contributed by atoms with Crippen molar-refractivity contribution in [2.75, 3.05) is 7.11 Å². The van der Waals surface area contributed by atoms with Gasteiger partial charge < -0.3 is 4.74 Å². The van der Waals surface area contributed by atoms with Crippen LogP contribution < -0.4 is 4.74 Å². The van der Waals surface area contributed by atoms with Crippen molar-refractivity contribution in [3.63, 3.8) is 0 Å². The van der Waals surface area contributed by atoms with Crippen molar-refractivity contribution in [3.8, 4) is 17.1 Å². The zero-order valence-electron chi connectivity index (χ0n) is 13.4. The smallest absolute Gasteiger partial charge is 0.213 e. The molecule has 0 radical (unpaired) electrons. The van der Waals surface area contributed by atoms with Gasteiger partial charge in [-0.15, -0.1) is 10.2 Å². The fourth-order valence-corrected chi connectivity index (χ4v) is 3.60. The maximum atomic E-state index is 5.31. The Morgan fingerprint density at radius 2 is 1.79 bits per heavy atom. The van der Waals surface area contributed by atoms with Crippen LogP contribution in [0.5, 0.6) is 5.75 Å². The van der Waals surface area contributed by atoms with E-state index in [9.17, 15) is 0 Å². The Kier molecular flexibility index (Phi) is 3.82. The topological polar surface area (TPSA) is 52.3 Å². The molecule has 0 N–H and O–H groups in total. The molecule has 24 heavy (non-hydrogen) atoms. The standard InChI is InChI=1S/C18H16N4OS/c1-12-16(13-7-4-3-5-8-13)21-22-17(19-20-18(22)24-12)14-9-6-10-15(11-14)23-2/h3-12H,1-2H3/t12-/m1/s1. The van der Waals surface area contributed by atoms with E-state index in [-0.39, 0.29) is 5.25 Å². The van der Waals surface area contributed by atoms with E-state index in [0.717, 1.165) is 33.6 Å². The van der Waals surface area contributed by atoms with Gasteiger partial charge in [-0.2, -0.15) is 9.78 Å². The highest BCUT2D eigenvalue weighted by Crippen LogP contribution is 2.33. The molecule has 0 saturated heterocycles. The largest absolute Gasteiger partial charge is 0.497 e. The Hall–Kier alpha value is -2.60. The van der Waals surface area contributed by atoms with E-state index in [1.807, 2.05) is 47.1 Å². The average Bonchev–Trinajstić information content (AvgIpc) is 3.04.